The Morgan fingerprint density at radius 3 is 1.94 bits per heavy atom. The maximum Gasteiger partial charge on any atom is 0.125 e. The van der Waals surface area contributed by atoms with Gasteiger partial charge in [0.2, 0.25) is 0 Å². The summed E-state index contributed by atoms with van der Waals surface area (Å²) >= 11 is 0. The summed E-state index contributed by atoms with van der Waals surface area (Å²) in [6.45, 7) is 10.6. The third kappa shape index (κ3) is 5.47. The van der Waals surface area contributed by atoms with Gasteiger partial charge in [-0.05, 0) is 69.5 Å². The van der Waals surface area contributed by atoms with Gasteiger partial charge in [-0.15, -0.1) is 0 Å². The van der Waals surface area contributed by atoms with E-state index in [4.69, 9.17) is 16.2 Å². The molecular formula is C29H39N3O. The molecule has 0 bridgehead atoms. The third-order valence-corrected chi connectivity index (χ3v) is 6.27. The number of rotatable bonds is 11. The molecule has 0 aliphatic rings. The van der Waals surface area contributed by atoms with Gasteiger partial charge in [-0.1, -0.05) is 66.7 Å². The molecule has 1 unspecified atom stereocenters. The smallest absolute Gasteiger partial charge is 0.125 e. The van der Waals surface area contributed by atoms with E-state index < -0.39 is 5.54 Å². The highest BCUT2D eigenvalue weighted by atomic mass is 16.5. The van der Waals surface area contributed by atoms with E-state index in [1.807, 2.05) is 18.2 Å². The first-order chi connectivity index (χ1) is 15.9. The van der Waals surface area contributed by atoms with Gasteiger partial charge >= 0.3 is 0 Å². The quantitative estimate of drug-likeness (QED) is 0.413. The second kappa shape index (κ2) is 11.5. The molecule has 0 radical (unpaired) electrons. The van der Waals surface area contributed by atoms with Crippen LogP contribution in [0.2, 0.25) is 0 Å². The predicted octanol–water partition coefficient (Wildman–Crippen LogP) is 5.44. The van der Waals surface area contributed by atoms with Crippen molar-refractivity contribution in [2.75, 3.05) is 6.54 Å². The van der Waals surface area contributed by atoms with Crippen LogP contribution >= 0.6 is 0 Å². The van der Waals surface area contributed by atoms with Gasteiger partial charge in [-0.2, -0.15) is 0 Å². The van der Waals surface area contributed by atoms with E-state index in [9.17, 15) is 0 Å². The fraction of sp³-hybridized carbons (Fsp3) is 0.379. The Bertz CT molecular complexity index is 980. The Labute approximate surface area is 199 Å². The molecule has 0 fully saturated rings. The maximum absolute atomic E-state index is 6.50. The van der Waals surface area contributed by atoms with Crippen molar-refractivity contribution in [1.82, 2.24) is 4.90 Å². The number of hydrogen-bond donors (Lipinski definition) is 2. The molecule has 0 amide bonds. The lowest BCUT2D eigenvalue weighted by Crippen LogP contribution is -2.55. The molecule has 0 heterocycles. The van der Waals surface area contributed by atoms with Crippen LogP contribution in [0.15, 0.2) is 78.9 Å². The molecule has 0 saturated carbocycles. The lowest BCUT2D eigenvalue weighted by atomic mass is 9.76. The fourth-order valence-electron chi connectivity index (χ4n) is 5.14. The van der Waals surface area contributed by atoms with Crippen molar-refractivity contribution in [3.05, 3.63) is 101 Å². The highest BCUT2D eigenvalue weighted by Crippen LogP contribution is 2.46. The van der Waals surface area contributed by atoms with Crippen molar-refractivity contribution < 1.29 is 4.74 Å². The molecule has 0 aromatic heterocycles. The van der Waals surface area contributed by atoms with Crippen LogP contribution in [0.25, 0.3) is 0 Å². The van der Waals surface area contributed by atoms with Crippen LogP contribution in [0, 0.1) is 0 Å². The van der Waals surface area contributed by atoms with Crippen LogP contribution in [0.3, 0.4) is 0 Å². The average Bonchev–Trinajstić information content (AvgIpc) is 2.83. The van der Waals surface area contributed by atoms with E-state index >= 15 is 0 Å². The Kier molecular flexibility index (Phi) is 8.67. The first-order valence-electron chi connectivity index (χ1n) is 12.0. The van der Waals surface area contributed by atoms with Crippen molar-refractivity contribution in [2.45, 2.75) is 64.9 Å². The van der Waals surface area contributed by atoms with E-state index in [0.717, 1.165) is 28.9 Å². The number of hydrogen-bond acceptors (Lipinski definition) is 4. The van der Waals surface area contributed by atoms with Gasteiger partial charge in [0, 0.05) is 24.2 Å². The summed E-state index contributed by atoms with van der Waals surface area (Å²) in [4.78, 5) is 2.57. The minimum atomic E-state index is -0.449. The summed E-state index contributed by atoms with van der Waals surface area (Å²) in [6.07, 6.45) is 0.767. The van der Waals surface area contributed by atoms with Crippen LogP contribution < -0.4 is 16.2 Å². The largest absolute Gasteiger partial charge is 0.489 e. The van der Waals surface area contributed by atoms with E-state index in [2.05, 4.69) is 93.3 Å². The second-order valence-electron chi connectivity index (χ2n) is 9.17. The zero-order chi connectivity index (χ0) is 23.8. The lowest BCUT2D eigenvalue weighted by Gasteiger charge is -2.50. The first kappa shape index (κ1) is 25.0. The fourth-order valence-corrected chi connectivity index (χ4v) is 5.14. The van der Waals surface area contributed by atoms with Gasteiger partial charge in [0.05, 0.1) is 5.54 Å². The molecule has 176 valence electrons. The minimum absolute atomic E-state index is 0.292. The lowest BCUT2D eigenvalue weighted by molar-refractivity contribution is 0.0434. The van der Waals surface area contributed by atoms with Gasteiger partial charge in [-0.25, -0.2) is 0 Å². The molecule has 0 aliphatic carbocycles. The second-order valence-corrected chi connectivity index (χ2v) is 9.17. The molecule has 3 rings (SSSR count). The molecule has 1 atom stereocenters. The average molecular weight is 446 g/mol. The molecule has 4 heteroatoms. The van der Waals surface area contributed by atoms with Gasteiger partial charge < -0.3 is 16.2 Å². The minimum Gasteiger partial charge on any atom is -0.489 e. The number of nitrogens with two attached hydrogens (primary N) is 2. The molecule has 0 spiro atoms. The predicted molar refractivity (Wildman–Crippen MR) is 138 cm³/mol. The number of nitrogens with zero attached hydrogens (tertiary/aromatic N) is 1. The van der Waals surface area contributed by atoms with Gasteiger partial charge in [0.25, 0.3) is 0 Å². The molecule has 3 aromatic carbocycles. The van der Waals surface area contributed by atoms with Crippen LogP contribution in [0.1, 0.15) is 56.4 Å². The molecule has 3 aromatic rings. The van der Waals surface area contributed by atoms with E-state index in [1.54, 1.807) is 0 Å². The number of benzene rings is 3. The normalized spacial score (nSPS) is 13.5. The van der Waals surface area contributed by atoms with Crippen LogP contribution in [0.4, 0.5) is 0 Å². The summed E-state index contributed by atoms with van der Waals surface area (Å²) in [5.74, 6) is 0.875. The zero-order valence-electron chi connectivity index (χ0n) is 20.5. The first-order valence-corrected chi connectivity index (χ1v) is 12.0. The van der Waals surface area contributed by atoms with Crippen molar-refractivity contribution in [1.29, 1.82) is 0 Å². The SMILES string of the molecule is CC(C)N(C(C)C)C(CCN)(c1ccccc1)c1cc(CN)ccc1OCc1ccccc1. The van der Waals surface area contributed by atoms with E-state index in [0.29, 0.717) is 31.8 Å². The summed E-state index contributed by atoms with van der Waals surface area (Å²) in [7, 11) is 0. The van der Waals surface area contributed by atoms with Crippen molar-refractivity contribution in [3.63, 3.8) is 0 Å². The van der Waals surface area contributed by atoms with Crippen molar-refractivity contribution in [3.8, 4) is 5.75 Å². The van der Waals surface area contributed by atoms with Gasteiger partial charge in [0.15, 0.2) is 0 Å². The molecule has 33 heavy (non-hydrogen) atoms. The molecule has 4 N–H and O–H groups in total. The van der Waals surface area contributed by atoms with Crippen LogP contribution in [-0.4, -0.2) is 23.5 Å². The summed E-state index contributed by atoms with van der Waals surface area (Å²) in [5.41, 5.74) is 16.5. The highest BCUT2D eigenvalue weighted by molar-refractivity contribution is 5.49. The number of ether oxygens (including phenoxy) is 1. The van der Waals surface area contributed by atoms with Gasteiger partial charge in [-0.3, -0.25) is 4.90 Å². The van der Waals surface area contributed by atoms with Crippen molar-refractivity contribution in [2.24, 2.45) is 11.5 Å². The summed E-state index contributed by atoms with van der Waals surface area (Å²) < 4.78 is 6.50. The standard InChI is InChI=1S/C29H39N3O/c1-22(2)32(23(3)4)29(17-18-30,26-13-9-6-10-14-26)27-19-25(20-31)15-16-28(27)33-21-24-11-7-5-8-12-24/h5-16,19,22-23H,17-18,20-21,30-31H2,1-4H3. The monoisotopic (exact) mass is 445 g/mol. The van der Waals surface area contributed by atoms with E-state index in [-0.39, 0.29) is 0 Å². The molecule has 0 saturated heterocycles. The molecule has 4 nitrogen and oxygen atoms in total. The van der Waals surface area contributed by atoms with Crippen molar-refractivity contribution >= 4 is 0 Å². The summed E-state index contributed by atoms with van der Waals surface area (Å²) in [5, 5.41) is 0. The Balaban J connectivity index is 2.25. The topological polar surface area (TPSA) is 64.5 Å². The Morgan fingerprint density at radius 2 is 1.39 bits per heavy atom. The van der Waals surface area contributed by atoms with Crippen LogP contribution in [0.5, 0.6) is 5.75 Å². The Morgan fingerprint density at radius 1 is 0.788 bits per heavy atom. The zero-order valence-corrected chi connectivity index (χ0v) is 20.5. The van der Waals surface area contributed by atoms with E-state index in [1.165, 1.54) is 5.56 Å². The third-order valence-electron chi connectivity index (χ3n) is 6.27. The Hall–Kier alpha value is -2.66. The molecule has 0 aliphatic heterocycles. The van der Waals surface area contributed by atoms with Gasteiger partial charge in [0.1, 0.15) is 12.4 Å². The maximum atomic E-state index is 6.50. The highest BCUT2D eigenvalue weighted by Gasteiger charge is 2.44. The molecular weight excluding hydrogens is 406 g/mol. The van der Waals surface area contributed by atoms with Crippen LogP contribution in [-0.2, 0) is 18.7 Å². The summed E-state index contributed by atoms with van der Waals surface area (Å²) in [6, 6.07) is 27.9.